The van der Waals surface area contributed by atoms with Crippen molar-refractivity contribution in [3.05, 3.63) is 20.3 Å². The van der Waals surface area contributed by atoms with E-state index in [4.69, 9.17) is 0 Å². The van der Waals surface area contributed by atoms with Gasteiger partial charge in [0, 0.05) is 30.4 Å². The fraction of sp³-hybridized carbons (Fsp3) is 0.643. The van der Waals surface area contributed by atoms with Crippen LogP contribution in [0.3, 0.4) is 0 Å². The third kappa shape index (κ3) is 4.29. The van der Waals surface area contributed by atoms with E-state index in [1.165, 1.54) is 33.5 Å². The van der Waals surface area contributed by atoms with Crippen LogP contribution in [0.5, 0.6) is 0 Å². The summed E-state index contributed by atoms with van der Waals surface area (Å²) in [6.07, 6.45) is 5.17. The van der Waals surface area contributed by atoms with E-state index in [0.717, 1.165) is 19.5 Å². The van der Waals surface area contributed by atoms with Crippen LogP contribution in [-0.2, 0) is 11.2 Å². The Balaban J connectivity index is 1.79. The maximum Gasteiger partial charge on any atom is 0.221 e. The Kier molecular flexibility index (Phi) is 5.85. The number of rotatable bonds is 6. The van der Waals surface area contributed by atoms with Crippen molar-refractivity contribution in [3.63, 3.8) is 0 Å². The van der Waals surface area contributed by atoms with Gasteiger partial charge in [-0.15, -0.1) is 11.3 Å². The summed E-state index contributed by atoms with van der Waals surface area (Å²) in [4.78, 5) is 13.0. The monoisotopic (exact) mass is 344 g/mol. The average molecular weight is 345 g/mol. The number of amides is 1. The Morgan fingerprint density at radius 3 is 3.16 bits per heavy atom. The largest absolute Gasteiger partial charge is 0.356 e. The first-order valence-electron chi connectivity index (χ1n) is 6.99. The minimum absolute atomic E-state index is 0.150. The number of carbonyl (C=O) groups is 1. The van der Waals surface area contributed by atoms with E-state index in [1.54, 1.807) is 0 Å². The van der Waals surface area contributed by atoms with Crippen LogP contribution in [0.2, 0.25) is 0 Å². The number of carbonyl (C=O) groups excluding carboxylic acids is 1. The molecule has 0 saturated heterocycles. The number of thiophene rings is 1. The van der Waals surface area contributed by atoms with Gasteiger partial charge in [0.05, 0.1) is 3.79 Å². The zero-order valence-electron chi connectivity index (χ0n) is 11.3. The summed E-state index contributed by atoms with van der Waals surface area (Å²) in [5.74, 6) is 0.150. The van der Waals surface area contributed by atoms with Gasteiger partial charge in [-0.2, -0.15) is 0 Å². The van der Waals surface area contributed by atoms with Crippen LogP contribution in [0, 0.1) is 0 Å². The predicted octanol–water partition coefficient (Wildman–Crippen LogP) is 3.39. The number of halogens is 1. The van der Waals surface area contributed by atoms with Crippen molar-refractivity contribution >= 4 is 33.2 Å². The van der Waals surface area contributed by atoms with Gasteiger partial charge in [-0.1, -0.05) is 6.92 Å². The Labute approximate surface area is 127 Å². The molecule has 19 heavy (non-hydrogen) atoms. The Hall–Kier alpha value is -0.390. The van der Waals surface area contributed by atoms with Gasteiger partial charge in [0.2, 0.25) is 5.91 Å². The second-order valence-electron chi connectivity index (χ2n) is 4.93. The first-order valence-corrected chi connectivity index (χ1v) is 8.60. The summed E-state index contributed by atoms with van der Waals surface area (Å²) in [5.41, 5.74) is 1.43. The van der Waals surface area contributed by atoms with E-state index in [1.807, 2.05) is 11.3 Å². The Morgan fingerprint density at radius 1 is 1.53 bits per heavy atom. The van der Waals surface area contributed by atoms with Crippen molar-refractivity contribution in [1.82, 2.24) is 10.6 Å². The lowest BCUT2D eigenvalue weighted by Gasteiger charge is -2.23. The van der Waals surface area contributed by atoms with Gasteiger partial charge in [-0.05, 0) is 53.2 Å². The maximum absolute atomic E-state index is 11.5. The van der Waals surface area contributed by atoms with Crippen LogP contribution in [0.4, 0.5) is 0 Å². The van der Waals surface area contributed by atoms with Crippen molar-refractivity contribution in [2.24, 2.45) is 0 Å². The van der Waals surface area contributed by atoms with E-state index in [0.29, 0.717) is 12.5 Å². The number of hydrogen-bond acceptors (Lipinski definition) is 3. The molecule has 3 nitrogen and oxygen atoms in total. The third-order valence-corrected chi connectivity index (χ3v) is 5.11. The number of fused-ring (bicyclic) bond motifs is 1. The normalized spacial score (nSPS) is 18.1. The fourth-order valence-corrected chi connectivity index (χ4v) is 4.27. The zero-order chi connectivity index (χ0) is 13.7. The SMILES string of the molecule is CCCNC(=O)CCNC1CCCc2sc(Br)cc21. The standard InChI is InChI=1S/C14H21BrN2OS/c1-2-7-17-14(18)6-8-16-11-4-3-5-12-10(11)9-13(15)19-12/h9,11,16H,2-8H2,1H3,(H,17,18). The molecule has 0 fully saturated rings. The van der Waals surface area contributed by atoms with Crippen molar-refractivity contribution in [2.45, 2.75) is 45.1 Å². The number of aryl methyl sites for hydroxylation is 1. The van der Waals surface area contributed by atoms with Crippen LogP contribution < -0.4 is 10.6 Å². The highest BCUT2D eigenvalue weighted by atomic mass is 79.9. The molecule has 0 spiro atoms. The van der Waals surface area contributed by atoms with Crippen molar-refractivity contribution in [1.29, 1.82) is 0 Å². The molecule has 0 radical (unpaired) electrons. The molecule has 1 atom stereocenters. The van der Waals surface area contributed by atoms with Gasteiger partial charge in [0.1, 0.15) is 0 Å². The van der Waals surface area contributed by atoms with Crippen molar-refractivity contribution < 1.29 is 4.79 Å². The molecule has 1 unspecified atom stereocenters. The molecule has 1 amide bonds. The van der Waals surface area contributed by atoms with Gasteiger partial charge < -0.3 is 10.6 Å². The second-order valence-corrected chi connectivity index (χ2v) is 7.44. The average Bonchev–Trinajstić information content (AvgIpc) is 2.77. The summed E-state index contributed by atoms with van der Waals surface area (Å²) in [6, 6.07) is 2.65. The molecule has 2 rings (SSSR count). The smallest absolute Gasteiger partial charge is 0.221 e. The van der Waals surface area contributed by atoms with Crippen LogP contribution in [0.1, 0.15) is 49.1 Å². The molecule has 0 saturated carbocycles. The van der Waals surface area contributed by atoms with E-state index in [9.17, 15) is 4.79 Å². The quantitative estimate of drug-likeness (QED) is 0.830. The summed E-state index contributed by atoms with van der Waals surface area (Å²) >= 11 is 5.41. The third-order valence-electron chi connectivity index (χ3n) is 3.40. The van der Waals surface area contributed by atoms with Gasteiger partial charge in [-0.3, -0.25) is 4.79 Å². The lowest BCUT2D eigenvalue weighted by molar-refractivity contribution is -0.121. The summed E-state index contributed by atoms with van der Waals surface area (Å²) in [5, 5.41) is 6.43. The van der Waals surface area contributed by atoms with E-state index in [-0.39, 0.29) is 5.91 Å². The first kappa shape index (κ1) is 15.0. The maximum atomic E-state index is 11.5. The molecule has 5 heteroatoms. The number of hydrogen-bond donors (Lipinski definition) is 2. The zero-order valence-corrected chi connectivity index (χ0v) is 13.7. The minimum Gasteiger partial charge on any atom is -0.356 e. The van der Waals surface area contributed by atoms with E-state index >= 15 is 0 Å². The van der Waals surface area contributed by atoms with Crippen LogP contribution >= 0.6 is 27.3 Å². The molecule has 106 valence electrons. The van der Waals surface area contributed by atoms with Crippen LogP contribution in [0.15, 0.2) is 9.85 Å². The molecule has 1 aliphatic rings. The molecule has 0 bridgehead atoms. The molecule has 1 aromatic rings. The van der Waals surface area contributed by atoms with Gasteiger partial charge in [0.15, 0.2) is 0 Å². The van der Waals surface area contributed by atoms with Crippen LogP contribution in [-0.4, -0.2) is 19.0 Å². The summed E-state index contributed by atoms with van der Waals surface area (Å²) < 4.78 is 1.21. The second kappa shape index (κ2) is 7.41. The Bertz CT molecular complexity index is 433. The first-order chi connectivity index (χ1) is 9.20. The van der Waals surface area contributed by atoms with E-state index in [2.05, 4.69) is 39.6 Å². The van der Waals surface area contributed by atoms with E-state index < -0.39 is 0 Å². The molecular weight excluding hydrogens is 324 g/mol. The van der Waals surface area contributed by atoms with Crippen LogP contribution in [0.25, 0.3) is 0 Å². The summed E-state index contributed by atoms with van der Waals surface area (Å²) in [6.45, 7) is 3.60. The highest BCUT2D eigenvalue weighted by Gasteiger charge is 2.22. The topological polar surface area (TPSA) is 41.1 Å². The molecule has 1 aliphatic carbocycles. The lowest BCUT2D eigenvalue weighted by Crippen LogP contribution is -2.30. The van der Waals surface area contributed by atoms with Gasteiger partial charge >= 0.3 is 0 Å². The highest BCUT2D eigenvalue weighted by molar-refractivity contribution is 9.11. The highest BCUT2D eigenvalue weighted by Crippen LogP contribution is 2.37. The molecular formula is C14H21BrN2OS. The predicted molar refractivity (Wildman–Crippen MR) is 83.6 cm³/mol. The molecule has 2 N–H and O–H groups in total. The molecule has 0 aromatic carbocycles. The fourth-order valence-electron chi connectivity index (χ4n) is 2.45. The van der Waals surface area contributed by atoms with Gasteiger partial charge in [-0.25, -0.2) is 0 Å². The van der Waals surface area contributed by atoms with Crippen molar-refractivity contribution in [3.8, 4) is 0 Å². The lowest BCUT2D eigenvalue weighted by atomic mass is 9.94. The molecule has 1 heterocycles. The van der Waals surface area contributed by atoms with Gasteiger partial charge in [0.25, 0.3) is 0 Å². The Morgan fingerprint density at radius 2 is 2.37 bits per heavy atom. The van der Waals surface area contributed by atoms with Crippen molar-refractivity contribution in [2.75, 3.05) is 13.1 Å². The molecule has 1 aromatic heterocycles. The molecule has 0 aliphatic heterocycles. The summed E-state index contributed by atoms with van der Waals surface area (Å²) in [7, 11) is 0. The number of nitrogens with one attached hydrogen (secondary N) is 2. The minimum atomic E-state index is 0.150.